The van der Waals surface area contributed by atoms with Crippen LogP contribution in [0.3, 0.4) is 0 Å². The average Bonchev–Trinajstić information content (AvgIpc) is 3.07. The van der Waals surface area contributed by atoms with Gasteiger partial charge in [0.05, 0.1) is 4.90 Å². The first-order valence-corrected chi connectivity index (χ1v) is 11.1. The Hall–Kier alpha value is -2.18. The zero-order valence-electron chi connectivity index (χ0n) is 15.5. The number of nitrogens with one attached hydrogen (secondary N) is 2. The van der Waals surface area contributed by atoms with Crippen LogP contribution in [0.2, 0.25) is 0 Å². The summed E-state index contributed by atoms with van der Waals surface area (Å²) in [5.74, 6) is 0.467. The van der Waals surface area contributed by atoms with Crippen molar-refractivity contribution in [2.75, 3.05) is 6.54 Å². The smallest absolute Gasteiger partial charge is 0.240 e. The van der Waals surface area contributed by atoms with E-state index in [1.54, 1.807) is 18.3 Å². The summed E-state index contributed by atoms with van der Waals surface area (Å²) in [6.45, 7) is 2.54. The number of hydrogen-bond acceptors (Lipinski definition) is 3. The van der Waals surface area contributed by atoms with Crippen molar-refractivity contribution in [1.29, 1.82) is 0 Å². The molecule has 0 aliphatic heterocycles. The Morgan fingerprint density at radius 2 is 1.85 bits per heavy atom. The second-order valence-corrected chi connectivity index (χ2v) is 9.22. The quantitative estimate of drug-likeness (QED) is 0.686. The van der Waals surface area contributed by atoms with Gasteiger partial charge in [0.1, 0.15) is 5.65 Å². The lowest BCUT2D eigenvalue weighted by atomic mass is 9.90. The summed E-state index contributed by atoms with van der Waals surface area (Å²) >= 11 is 0. The monoisotopic (exact) mass is 383 g/mol. The summed E-state index contributed by atoms with van der Waals surface area (Å²) < 4.78 is 28.0. The number of H-pyrrole nitrogens is 1. The van der Waals surface area contributed by atoms with Crippen LogP contribution >= 0.6 is 0 Å². The number of nitrogens with zero attached hydrogens (tertiary/aromatic N) is 1. The Bertz CT molecular complexity index is 1030. The molecule has 3 aromatic rings. The molecule has 6 heteroatoms. The predicted molar refractivity (Wildman–Crippen MR) is 108 cm³/mol. The molecule has 0 bridgehead atoms. The van der Waals surface area contributed by atoms with Crippen molar-refractivity contribution < 1.29 is 8.42 Å². The van der Waals surface area contributed by atoms with Gasteiger partial charge < -0.3 is 4.98 Å². The van der Waals surface area contributed by atoms with E-state index in [0.29, 0.717) is 17.4 Å². The topological polar surface area (TPSA) is 74.8 Å². The number of hydrogen-bond donors (Lipinski definition) is 2. The second kappa shape index (κ2) is 7.44. The van der Waals surface area contributed by atoms with Gasteiger partial charge in [-0.1, -0.05) is 31.4 Å². The Morgan fingerprint density at radius 3 is 2.59 bits per heavy atom. The standard InChI is InChI=1S/C21H25N3O2S/c1-15-13-20-19(11-12-22-21(20)24-15)17-7-9-18(10-8-17)27(25,26)23-14-16-5-3-2-4-6-16/h7-13,16,23H,2-6,14H2,1H3,(H,22,24). The van der Waals surface area contributed by atoms with Crippen molar-refractivity contribution in [3.05, 3.63) is 48.3 Å². The van der Waals surface area contributed by atoms with E-state index in [9.17, 15) is 8.42 Å². The molecule has 4 rings (SSSR count). The Balaban J connectivity index is 1.54. The third kappa shape index (κ3) is 3.92. The number of benzene rings is 1. The maximum absolute atomic E-state index is 12.6. The molecular weight excluding hydrogens is 358 g/mol. The molecule has 0 saturated heterocycles. The van der Waals surface area contributed by atoms with Gasteiger partial charge in [0, 0.05) is 23.8 Å². The number of pyridine rings is 1. The van der Waals surface area contributed by atoms with Gasteiger partial charge in [0.15, 0.2) is 0 Å². The molecule has 2 heterocycles. The summed E-state index contributed by atoms with van der Waals surface area (Å²) in [5.41, 5.74) is 3.92. The molecule has 0 amide bonds. The minimum Gasteiger partial charge on any atom is -0.344 e. The zero-order chi connectivity index (χ0) is 18.9. The number of rotatable bonds is 5. The van der Waals surface area contributed by atoms with Gasteiger partial charge in [-0.3, -0.25) is 0 Å². The highest BCUT2D eigenvalue weighted by atomic mass is 32.2. The molecule has 0 spiro atoms. The van der Waals surface area contributed by atoms with Crippen molar-refractivity contribution in [1.82, 2.24) is 14.7 Å². The van der Waals surface area contributed by atoms with Crippen molar-refractivity contribution in [3.63, 3.8) is 0 Å². The molecular formula is C21H25N3O2S. The third-order valence-electron chi connectivity index (χ3n) is 5.43. The van der Waals surface area contributed by atoms with Crippen LogP contribution in [0.5, 0.6) is 0 Å². The number of aryl methyl sites for hydroxylation is 1. The van der Waals surface area contributed by atoms with Gasteiger partial charge in [0.2, 0.25) is 10.0 Å². The van der Waals surface area contributed by atoms with Gasteiger partial charge in [-0.05, 0) is 61.1 Å². The van der Waals surface area contributed by atoms with Crippen molar-refractivity contribution in [2.45, 2.75) is 43.9 Å². The molecule has 0 radical (unpaired) electrons. The fourth-order valence-electron chi connectivity index (χ4n) is 3.93. The molecule has 1 aromatic carbocycles. The highest BCUT2D eigenvalue weighted by Gasteiger charge is 2.19. The van der Waals surface area contributed by atoms with E-state index in [1.807, 2.05) is 25.1 Å². The van der Waals surface area contributed by atoms with Gasteiger partial charge in [-0.25, -0.2) is 18.1 Å². The number of fused-ring (bicyclic) bond motifs is 1. The first-order valence-electron chi connectivity index (χ1n) is 9.57. The Labute approximate surface area is 160 Å². The minimum atomic E-state index is -3.47. The molecule has 1 fully saturated rings. The van der Waals surface area contributed by atoms with Crippen LogP contribution in [0.25, 0.3) is 22.2 Å². The highest BCUT2D eigenvalue weighted by Crippen LogP contribution is 2.29. The Morgan fingerprint density at radius 1 is 1.11 bits per heavy atom. The minimum absolute atomic E-state index is 0.317. The number of sulfonamides is 1. The molecule has 2 N–H and O–H groups in total. The normalized spacial score (nSPS) is 16.0. The zero-order valence-corrected chi connectivity index (χ0v) is 16.3. The van der Waals surface area contributed by atoms with E-state index in [-0.39, 0.29) is 0 Å². The van der Waals surface area contributed by atoms with Crippen LogP contribution in [-0.2, 0) is 10.0 Å². The van der Waals surface area contributed by atoms with E-state index >= 15 is 0 Å². The van der Waals surface area contributed by atoms with Crippen LogP contribution in [0.4, 0.5) is 0 Å². The van der Waals surface area contributed by atoms with Crippen LogP contribution < -0.4 is 4.72 Å². The molecule has 0 atom stereocenters. The van der Waals surface area contributed by atoms with Crippen molar-refractivity contribution in [2.24, 2.45) is 5.92 Å². The van der Waals surface area contributed by atoms with Crippen molar-refractivity contribution in [3.8, 4) is 11.1 Å². The lowest BCUT2D eigenvalue weighted by molar-refractivity contribution is 0.357. The molecule has 0 unspecified atom stereocenters. The predicted octanol–water partition coefficient (Wildman–Crippen LogP) is 4.40. The summed E-state index contributed by atoms with van der Waals surface area (Å²) in [6, 6.07) is 11.1. The number of aromatic nitrogens is 2. The fraction of sp³-hybridized carbons (Fsp3) is 0.381. The Kier molecular flexibility index (Phi) is 5.02. The molecule has 2 aromatic heterocycles. The van der Waals surface area contributed by atoms with Crippen LogP contribution in [0, 0.1) is 12.8 Å². The third-order valence-corrected chi connectivity index (χ3v) is 6.87. The van der Waals surface area contributed by atoms with Crippen LogP contribution in [-0.4, -0.2) is 24.9 Å². The van der Waals surface area contributed by atoms with Gasteiger partial charge >= 0.3 is 0 Å². The largest absolute Gasteiger partial charge is 0.344 e. The van der Waals surface area contributed by atoms with E-state index in [2.05, 4.69) is 20.8 Å². The van der Waals surface area contributed by atoms with Gasteiger partial charge in [0.25, 0.3) is 0 Å². The van der Waals surface area contributed by atoms with Gasteiger partial charge in [-0.15, -0.1) is 0 Å². The fourth-order valence-corrected chi connectivity index (χ4v) is 5.04. The van der Waals surface area contributed by atoms with Gasteiger partial charge in [-0.2, -0.15) is 0 Å². The molecule has 27 heavy (non-hydrogen) atoms. The molecule has 1 saturated carbocycles. The van der Waals surface area contributed by atoms with E-state index in [4.69, 9.17) is 0 Å². The lowest BCUT2D eigenvalue weighted by Crippen LogP contribution is -2.30. The van der Waals surface area contributed by atoms with E-state index in [0.717, 1.165) is 40.7 Å². The molecule has 1 aliphatic rings. The van der Waals surface area contributed by atoms with E-state index in [1.165, 1.54) is 19.3 Å². The maximum atomic E-state index is 12.6. The number of aromatic amines is 1. The van der Waals surface area contributed by atoms with E-state index < -0.39 is 10.0 Å². The maximum Gasteiger partial charge on any atom is 0.240 e. The first-order chi connectivity index (χ1) is 13.0. The first kappa shape index (κ1) is 18.2. The summed E-state index contributed by atoms with van der Waals surface area (Å²) in [5, 5.41) is 1.04. The highest BCUT2D eigenvalue weighted by molar-refractivity contribution is 7.89. The molecule has 5 nitrogen and oxygen atoms in total. The summed E-state index contributed by atoms with van der Waals surface area (Å²) in [4.78, 5) is 7.90. The van der Waals surface area contributed by atoms with Crippen LogP contribution in [0.15, 0.2) is 47.5 Å². The average molecular weight is 384 g/mol. The summed E-state index contributed by atoms with van der Waals surface area (Å²) in [6.07, 6.45) is 7.70. The van der Waals surface area contributed by atoms with Crippen molar-refractivity contribution >= 4 is 21.1 Å². The molecule has 1 aliphatic carbocycles. The summed E-state index contributed by atoms with van der Waals surface area (Å²) in [7, 11) is -3.47. The second-order valence-electron chi connectivity index (χ2n) is 7.45. The molecule has 142 valence electrons. The lowest BCUT2D eigenvalue weighted by Gasteiger charge is -2.21. The van der Waals surface area contributed by atoms with Crippen LogP contribution in [0.1, 0.15) is 37.8 Å². The SMILES string of the molecule is Cc1cc2c(-c3ccc(S(=O)(=O)NCC4CCCCC4)cc3)ccnc2[nH]1.